The highest BCUT2D eigenvalue weighted by Gasteiger charge is 2.06. The first-order valence-electron chi connectivity index (χ1n) is 6.37. The summed E-state index contributed by atoms with van der Waals surface area (Å²) in [5.74, 6) is 0.807. The van der Waals surface area contributed by atoms with Crippen LogP contribution in [0.25, 0.3) is 10.2 Å². The number of aliphatic hydroxyl groups is 1. The van der Waals surface area contributed by atoms with Gasteiger partial charge in [0.1, 0.15) is 12.4 Å². The molecule has 2 rings (SSSR count). The fourth-order valence-corrected chi connectivity index (χ4v) is 2.68. The lowest BCUT2D eigenvalue weighted by atomic mass is 10.2. The number of aromatic nitrogens is 1. The van der Waals surface area contributed by atoms with Crippen LogP contribution >= 0.6 is 11.3 Å². The topological polar surface area (TPSA) is 42.4 Å². The minimum Gasteiger partial charge on any atom is -0.491 e. The number of hydrogen-bond acceptors (Lipinski definition) is 4. The molecule has 4 heteroatoms. The lowest BCUT2D eigenvalue weighted by Gasteiger charge is -2.11. The predicted molar refractivity (Wildman–Crippen MR) is 75.4 cm³/mol. The Morgan fingerprint density at radius 2 is 2.28 bits per heavy atom. The summed E-state index contributed by atoms with van der Waals surface area (Å²) in [5, 5.41) is 10.8. The molecular weight excluding hydrogens is 246 g/mol. The fourth-order valence-electron chi connectivity index (χ4n) is 1.83. The average molecular weight is 265 g/mol. The lowest BCUT2D eigenvalue weighted by molar-refractivity contribution is 0.0981. The second kappa shape index (κ2) is 6.16. The van der Waals surface area contributed by atoms with Crippen LogP contribution in [0, 0.1) is 6.92 Å². The standard InChI is InChI=1S/C14H19NO2S/c1-3-4-5-11(16)9-17-12-6-7-13-14(8-12)18-10(2)15-13/h6-8,11,16H,3-5,9H2,1-2H3. The van der Waals surface area contributed by atoms with Crippen molar-refractivity contribution in [3.05, 3.63) is 23.2 Å². The Balaban J connectivity index is 1.95. The number of unbranched alkanes of at least 4 members (excludes halogenated alkanes) is 1. The molecule has 0 saturated carbocycles. The van der Waals surface area contributed by atoms with E-state index in [2.05, 4.69) is 11.9 Å². The summed E-state index contributed by atoms with van der Waals surface area (Å²) in [6.07, 6.45) is 2.57. The van der Waals surface area contributed by atoms with Gasteiger partial charge < -0.3 is 9.84 Å². The van der Waals surface area contributed by atoms with Crippen LogP contribution in [0.5, 0.6) is 5.75 Å². The second-order valence-corrected chi connectivity index (χ2v) is 5.70. The summed E-state index contributed by atoms with van der Waals surface area (Å²) in [6.45, 7) is 4.48. The number of aliphatic hydroxyl groups excluding tert-OH is 1. The number of aryl methyl sites for hydroxylation is 1. The van der Waals surface area contributed by atoms with Gasteiger partial charge in [-0.05, 0) is 31.5 Å². The number of rotatable bonds is 6. The molecule has 18 heavy (non-hydrogen) atoms. The van der Waals surface area contributed by atoms with Gasteiger partial charge in [0.05, 0.1) is 21.3 Å². The smallest absolute Gasteiger partial charge is 0.121 e. The summed E-state index contributed by atoms with van der Waals surface area (Å²) in [5.41, 5.74) is 1.01. The van der Waals surface area contributed by atoms with Crippen molar-refractivity contribution in [3.8, 4) is 5.75 Å². The van der Waals surface area contributed by atoms with E-state index in [1.165, 1.54) is 0 Å². The molecule has 98 valence electrons. The monoisotopic (exact) mass is 265 g/mol. The molecule has 0 amide bonds. The Morgan fingerprint density at radius 1 is 1.44 bits per heavy atom. The van der Waals surface area contributed by atoms with E-state index in [-0.39, 0.29) is 6.10 Å². The van der Waals surface area contributed by atoms with Crippen molar-refractivity contribution in [2.75, 3.05) is 6.61 Å². The average Bonchev–Trinajstić information content (AvgIpc) is 2.73. The zero-order valence-electron chi connectivity index (χ0n) is 10.8. The van der Waals surface area contributed by atoms with Crippen LogP contribution in [0.3, 0.4) is 0 Å². The van der Waals surface area contributed by atoms with Crippen molar-refractivity contribution in [1.29, 1.82) is 0 Å². The van der Waals surface area contributed by atoms with Gasteiger partial charge in [0.2, 0.25) is 0 Å². The highest BCUT2D eigenvalue weighted by molar-refractivity contribution is 7.18. The van der Waals surface area contributed by atoms with E-state index in [1.54, 1.807) is 11.3 Å². The quantitative estimate of drug-likeness (QED) is 0.868. The fraction of sp³-hybridized carbons (Fsp3) is 0.500. The van der Waals surface area contributed by atoms with Gasteiger partial charge in [0.25, 0.3) is 0 Å². The minimum absolute atomic E-state index is 0.364. The van der Waals surface area contributed by atoms with Gasteiger partial charge in [0.15, 0.2) is 0 Å². The van der Waals surface area contributed by atoms with Gasteiger partial charge in [-0.3, -0.25) is 0 Å². The maximum atomic E-state index is 9.72. The van der Waals surface area contributed by atoms with E-state index < -0.39 is 0 Å². The van der Waals surface area contributed by atoms with Crippen LogP contribution in [0.15, 0.2) is 18.2 Å². The SMILES string of the molecule is CCCCC(O)COc1ccc2nc(C)sc2c1. The molecule has 1 aromatic heterocycles. The Kier molecular flexibility index (Phi) is 4.55. The summed E-state index contributed by atoms with van der Waals surface area (Å²) < 4.78 is 6.74. The maximum absolute atomic E-state index is 9.72. The largest absolute Gasteiger partial charge is 0.491 e. The molecule has 1 aromatic carbocycles. The number of nitrogens with zero attached hydrogens (tertiary/aromatic N) is 1. The molecule has 1 unspecified atom stereocenters. The Hall–Kier alpha value is -1.13. The number of hydrogen-bond donors (Lipinski definition) is 1. The first kappa shape index (κ1) is 13.3. The highest BCUT2D eigenvalue weighted by Crippen LogP contribution is 2.26. The molecule has 0 radical (unpaired) electrons. The van der Waals surface area contributed by atoms with Crippen LogP contribution in [0.1, 0.15) is 31.2 Å². The third-order valence-electron chi connectivity index (χ3n) is 2.80. The zero-order valence-corrected chi connectivity index (χ0v) is 11.7. The summed E-state index contributed by atoms with van der Waals surface area (Å²) >= 11 is 1.66. The third kappa shape index (κ3) is 3.43. The van der Waals surface area contributed by atoms with E-state index >= 15 is 0 Å². The van der Waals surface area contributed by atoms with Crippen LogP contribution in [-0.2, 0) is 0 Å². The molecule has 0 aliphatic carbocycles. The molecule has 0 spiro atoms. The zero-order chi connectivity index (χ0) is 13.0. The normalized spacial score (nSPS) is 12.8. The first-order chi connectivity index (χ1) is 8.69. The lowest BCUT2D eigenvalue weighted by Crippen LogP contribution is -2.17. The van der Waals surface area contributed by atoms with Crippen molar-refractivity contribution in [2.24, 2.45) is 0 Å². The maximum Gasteiger partial charge on any atom is 0.121 e. The Bertz CT molecular complexity index is 509. The van der Waals surface area contributed by atoms with Crippen LogP contribution < -0.4 is 4.74 Å². The molecular formula is C14H19NO2S. The van der Waals surface area contributed by atoms with Crippen molar-refractivity contribution in [2.45, 2.75) is 39.2 Å². The molecule has 2 aromatic rings. The van der Waals surface area contributed by atoms with Gasteiger partial charge in [-0.15, -0.1) is 11.3 Å². The van der Waals surface area contributed by atoms with Crippen molar-refractivity contribution in [3.63, 3.8) is 0 Å². The Morgan fingerprint density at radius 3 is 3.06 bits per heavy atom. The van der Waals surface area contributed by atoms with Gasteiger partial charge in [-0.2, -0.15) is 0 Å². The first-order valence-corrected chi connectivity index (χ1v) is 7.18. The van der Waals surface area contributed by atoms with Crippen molar-refractivity contribution in [1.82, 2.24) is 4.98 Å². The van der Waals surface area contributed by atoms with Gasteiger partial charge in [-0.1, -0.05) is 19.8 Å². The number of ether oxygens (including phenoxy) is 1. The summed E-state index contributed by atoms with van der Waals surface area (Å²) in [4.78, 5) is 4.40. The molecule has 0 fully saturated rings. The molecule has 0 aliphatic rings. The predicted octanol–water partition coefficient (Wildman–Crippen LogP) is 3.53. The van der Waals surface area contributed by atoms with Crippen molar-refractivity contribution >= 4 is 21.6 Å². The van der Waals surface area contributed by atoms with E-state index in [0.29, 0.717) is 6.61 Å². The highest BCUT2D eigenvalue weighted by atomic mass is 32.1. The van der Waals surface area contributed by atoms with Gasteiger partial charge in [0, 0.05) is 0 Å². The Labute approximate surface area is 111 Å². The van der Waals surface area contributed by atoms with Crippen LogP contribution in [0.4, 0.5) is 0 Å². The number of fused-ring (bicyclic) bond motifs is 1. The van der Waals surface area contributed by atoms with E-state index in [0.717, 1.165) is 40.2 Å². The second-order valence-electron chi connectivity index (χ2n) is 4.47. The van der Waals surface area contributed by atoms with Crippen LogP contribution in [0.2, 0.25) is 0 Å². The third-order valence-corrected chi connectivity index (χ3v) is 3.73. The summed E-state index contributed by atoms with van der Waals surface area (Å²) in [7, 11) is 0. The molecule has 3 nitrogen and oxygen atoms in total. The molecule has 0 aliphatic heterocycles. The van der Waals surface area contributed by atoms with E-state index in [4.69, 9.17) is 4.74 Å². The van der Waals surface area contributed by atoms with Gasteiger partial charge >= 0.3 is 0 Å². The molecule has 1 heterocycles. The minimum atomic E-state index is -0.371. The van der Waals surface area contributed by atoms with Crippen molar-refractivity contribution < 1.29 is 9.84 Å². The van der Waals surface area contributed by atoms with Crippen LogP contribution in [-0.4, -0.2) is 22.8 Å². The molecule has 1 N–H and O–H groups in total. The number of thiazole rings is 1. The number of benzene rings is 1. The van der Waals surface area contributed by atoms with E-state index in [9.17, 15) is 5.11 Å². The van der Waals surface area contributed by atoms with E-state index in [1.807, 2.05) is 25.1 Å². The molecule has 1 atom stereocenters. The molecule has 0 saturated heterocycles. The molecule has 0 bridgehead atoms. The van der Waals surface area contributed by atoms with Gasteiger partial charge in [-0.25, -0.2) is 4.98 Å². The summed E-state index contributed by atoms with van der Waals surface area (Å²) in [6, 6.07) is 5.87.